The summed E-state index contributed by atoms with van der Waals surface area (Å²) in [5.74, 6) is -0.726. The number of likely N-dealkylation sites (tertiary alicyclic amines) is 1. The monoisotopic (exact) mass is 443 g/mol. The standard InChI is InChI=1S/C24H30ClN3O3/c1-2-18-8-6-7-15-27(18)22(29)16-11-13-17(14-12-16)26-21-20(25)23(30)28(24(21)31)19-9-4-3-5-10-19/h11-14,18-19,26H,2-10,15H2,1H3. The smallest absolute Gasteiger partial charge is 0.279 e. The van der Waals surface area contributed by atoms with Gasteiger partial charge in [-0.15, -0.1) is 0 Å². The molecule has 0 spiro atoms. The Labute approximate surface area is 188 Å². The highest BCUT2D eigenvalue weighted by Gasteiger charge is 2.42. The topological polar surface area (TPSA) is 69.7 Å². The zero-order valence-corrected chi connectivity index (χ0v) is 18.8. The molecule has 4 rings (SSSR count). The van der Waals surface area contributed by atoms with Crippen LogP contribution < -0.4 is 5.32 Å². The number of rotatable bonds is 5. The molecule has 1 saturated heterocycles. The van der Waals surface area contributed by atoms with Crippen LogP contribution >= 0.6 is 11.6 Å². The normalized spacial score (nSPS) is 23.0. The van der Waals surface area contributed by atoms with E-state index in [1.54, 1.807) is 24.3 Å². The van der Waals surface area contributed by atoms with Crippen molar-refractivity contribution in [1.29, 1.82) is 0 Å². The number of halogens is 1. The molecule has 1 saturated carbocycles. The van der Waals surface area contributed by atoms with Crippen molar-refractivity contribution in [3.63, 3.8) is 0 Å². The second-order valence-electron chi connectivity index (χ2n) is 8.72. The van der Waals surface area contributed by atoms with Gasteiger partial charge in [0.05, 0.1) is 0 Å². The molecule has 2 fully saturated rings. The van der Waals surface area contributed by atoms with Gasteiger partial charge in [-0.2, -0.15) is 0 Å². The molecule has 2 aliphatic heterocycles. The van der Waals surface area contributed by atoms with Crippen LogP contribution in [0.1, 0.15) is 75.1 Å². The van der Waals surface area contributed by atoms with Crippen molar-refractivity contribution in [2.45, 2.75) is 76.8 Å². The Morgan fingerprint density at radius 2 is 1.68 bits per heavy atom. The summed E-state index contributed by atoms with van der Waals surface area (Å²) in [4.78, 5) is 41.8. The quantitative estimate of drug-likeness (QED) is 0.672. The molecule has 0 aromatic heterocycles. The zero-order valence-electron chi connectivity index (χ0n) is 18.0. The summed E-state index contributed by atoms with van der Waals surface area (Å²) in [5, 5.41) is 2.96. The predicted molar refractivity (Wildman–Crippen MR) is 121 cm³/mol. The third-order valence-corrected chi connectivity index (χ3v) is 7.11. The number of piperidine rings is 1. The Hall–Kier alpha value is -2.34. The van der Waals surface area contributed by atoms with Gasteiger partial charge in [-0.1, -0.05) is 37.8 Å². The first-order valence-corrected chi connectivity index (χ1v) is 11.8. The van der Waals surface area contributed by atoms with Crippen molar-refractivity contribution in [2.75, 3.05) is 11.9 Å². The van der Waals surface area contributed by atoms with Crippen LogP contribution in [0.3, 0.4) is 0 Å². The Balaban J connectivity index is 1.45. The van der Waals surface area contributed by atoms with Gasteiger partial charge in [0, 0.05) is 29.9 Å². The van der Waals surface area contributed by atoms with E-state index in [-0.39, 0.29) is 28.6 Å². The maximum atomic E-state index is 13.0. The molecule has 31 heavy (non-hydrogen) atoms. The molecule has 1 N–H and O–H groups in total. The number of hydrogen-bond acceptors (Lipinski definition) is 4. The molecule has 6 nitrogen and oxygen atoms in total. The van der Waals surface area contributed by atoms with Crippen molar-refractivity contribution >= 4 is 35.0 Å². The fraction of sp³-hybridized carbons (Fsp3) is 0.542. The van der Waals surface area contributed by atoms with Crippen molar-refractivity contribution in [3.05, 3.63) is 40.6 Å². The second kappa shape index (κ2) is 9.43. The second-order valence-corrected chi connectivity index (χ2v) is 9.10. The number of nitrogens with one attached hydrogen (secondary N) is 1. The van der Waals surface area contributed by atoms with E-state index < -0.39 is 5.91 Å². The van der Waals surface area contributed by atoms with E-state index >= 15 is 0 Å². The van der Waals surface area contributed by atoms with Crippen LogP contribution in [0.5, 0.6) is 0 Å². The highest BCUT2D eigenvalue weighted by molar-refractivity contribution is 6.48. The average Bonchev–Trinajstić information content (AvgIpc) is 3.02. The van der Waals surface area contributed by atoms with Gasteiger partial charge in [0.15, 0.2) is 0 Å². The van der Waals surface area contributed by atoms with E-state index in [0.717, 1.165) is 57.9 Å². The lowest BCUT2D eigenvalue weighted by Crippen LogP contribution is -2.43. The van der Waals surface area contributed by atoms with Crippen molar-refractivity contribution in [2.24, 2.45) is 0 Å². The van der Waals surface area contributed by atoms with Gasteiger partial charge in [0.2, 0.25) is 0 Å². The minimum absolute atomic E-state index is 0.0472. The summed E-state index contributed by atoms with van der Waals surface area (Å²) >= 11 is 6.25. The van der Waals surface area contributed by atoms with Crippen LogP contribution in [0.4, 0.5) is 5.69 Å². The van der Waals surface area contributed by atoms with Crippen LogP contribution in [-0.2, 0) is 9.59 Å². The summed E-state index contributed by atoms with van der Waals surface area (Å²) in [7, 11) is 0. The number of nitrogens with zero attached hydrogens (tertiary/aromatic N) is 2. The first kappa shape index (κ1) is 21.9. The molecule has 1 atom stereocenters. The van der Waals surface area contributed by atoms with E-state index in [9.17, 15) is 14.4 Å². The zero-order chi connectivity index (χ0) is 22.0. The Kier molecular flexibility index (Phi) is 6.65. The first-order valence-electron chi connectivity index (χ1n) is 11.5. The molecule has 7 heteroatoms. The molecule has 1 aliphatic carbocycles. The van der Waals surface area contributed by atoms with E-state index in [2.05, 4.69) is 12.2 Å². The minimum atomic E-state index is -0.413. The van der Waals surface area contributed by atoms with Crippen LogP contribution in [0.2, 0.25) is 0 Å². The molecule has 166 valence electrons. The molecule has 2 heterocycles. The van der Waals surface area contributed by atoms with Gasteiger partial charge < -0.3 is 10.2 Å². The van der Waals surface area contributed by atoms with Gasteiger partial charge >= 0.3 is 0 Å². The SMILES string of the molecule is CCC1CCCCN1C(=O)c1ccc(NC2=C(Cl)C(=O)N(C3CCCCC3)C2=O)cc1. The summed E-state index contributed by atoms with van der Waals surface area (Å²) in [5.41, 5.74) is 1.38. The maximum Gasteiger partial charge on any atom is 0.279 e. The summed E-state index contributed by atoms with van der Waals surface area (Å²) in [6.07, 6.45) is 9.09. The van der Waals surface area contributed by atoms with Gasteiger partial charge in [-0.05, 0) is 62.8 Å². The predicted octanol–water partition coefficient (Wildman–Crippen LogP) is 4.66. The molecule has 3 aliphatic rings. The van der Waals surface area contributed by atoms with Crippen LogP contribution in [0.25, 0.3) is 0 Å². The van der Waals surface area contributed by atoms with Gasteiger partial charge in [-0.3, -0.25) is 19.3 Å². The molecule has 0 radical (unpaired) electrons. The lowest BCUT2D eigenvalue weighted by Gasteiger charge is -2.35. The third-order valence-electron chi connectivity index (χ3n) is 6.76. The third kappa shape index (κ3) is 4.36. The van der Waals surface area contributed by atoms with Gasteiger partial charge in [-0.25, -0.2) is 0 Å². The number of imide groups is 1. The van der Waals surface area contributed by atoms with Crippen molar-refractivity contribution in [1.82, 2.24) is 9.80 Å². The minimum Gasteiger partial charge on any atom is -0.350 e. The summed E-state index contributed by atoms with van der Waals surface area (Å²) in [6.45, 7) is 2.92. The molecule has 3 amide bonds. The lowest BCUT2D eigenvalue weighted by atomic mass is 9.94. The van der Waals surface area contributed by atoms with Crippen molar-refractivity contribution < 1.29 is 14.4 Å². The van der Waals surface area contributed by atoms with Crippen molar-refractivity contribution in [3.8, 4) is 0 Å². The Morgan fingerprint density at radius 3 is 2.35 bits per heavy atom. The number of amides is 3. The average molecular weight is 444 g/mol. The highest BCUT2D eigenvalue weighted by Crippen LogP contribution is 2.32. The largest absolute Gasteiger partial charge is 0.350 e. The molecular formula is C24H30ClN3O3. The lowest BCUT2D eigenvalue weighted by molar-refractivity contribution is -0.140. The van der Waals surface area contributed by atoms with Gasteiger partial charge in [0.25, 0.3) is 17.7 Å². The Morgan fingerprint density at radius 1 is 1.00 bits per heavy atom. The summed E-state index contributed by atoms with van der Waals surface area (Å²) in [6, 6.07) is 7.28. The number of benzene rings is 1. The Bertz CT molecular complexity index is 890. The number of hydrogen-bond donors (Lipinski definition) is 1. The summed E-state index contributed by atoms with van der Waals surface area (Å²) < 4.78 is 0. The maximum absolute atomic E-state index is 13.0. The fourth-order valence-corrected chi connectivity index (χ4v) is 5.22. The number of carbonyl (C=O) groups excluding carboxylic acids is 3. The fourth-order valence-electron chi connectivity index (χ4n) is 5.00. The van der Waals surface area contributed by atoms with Gasteiger partial charge in [0.1, 0.15) is 10.7 Å². The van der Waals surface area contributed by atoms with Crippen LogP contribution in [0.15, 0.2) is 35.0 Å². The van der Waals surface area contributed by atoms with Crippen LogP contribution in [-0.4, -0.2) is 46.1 Å². The van der Waals surface area contributed by atoms with Crippen LogP contribution in [0, 0.1) is 0 Å². The van der Waals surface area contributed by atoms with E-state index in [1.807, 2.05) is 4.90 Å². The van der Waals surface area contributed by atoms with E-state index in [0.29, 0.717) is 17.3 Å². The van der Waals surface area contributed by atoms with E-state index in [1.165, 1.54) is 11.3 Å². The molecular weight excluding hydrogens is 414 g/mol. The number of anilines is 1. The molecule has 0 bridgehead atoms. The first-order chi connectivity index (χ1) is 15.0. The number of carbonyl (C=O) groups is 3. The van der Waals surface area contributed by atoms with E-state index in [4.69, 9.17) is 11.6 Å². The molecule has 1 unspecified atom stereocenters. The molecule has 1 aromatic rings. The highest BCUT2D eigenvalue weighted by atomic mass is 35.5. The molecule has 1 aromatic carbocycles.